The van der Waals surface area contributed by atoms with E-state index in [2.05, 4.69) is 19.6 Å². The third-order valence-electron chi connectivity index (χ3n) is 4.03. The van der Waals surface area contributed by atoms with Gasteiger partial charge < -0.3 is 20.1 Å². The number of carbonyl (C=O) groups is 1. The van der Waals surface area contributed by atoms with Gasteiger partial charge in [0.15, 0.2) is 5.82 Å². The van der Waals surface area contributed by atoms with Crippen LogP contribution in [-0.2, 0) is 16.1 Å². The number of phenolic OH excluding ortho intramolecular Hbond substituents is 1. The van der Waals surface area contributed by atoms with Crippen LogP contribution >= 0.6 is 11.5 Å². The second-order valence-corrected chi connectivity index (χ2v) is 6.42. The van der Waals surface area contributed by atoms with Crippen LogP contribution < -0.4 is 10.2 Å². The molecule has 2 aromatic rings. The number of hydrogen-bond acceptors (Lipinski definition) is 7. The zero-order valence-corrected chi connectivity index (χ0v) is 14.3. The van der Waals surface area contributed by atoms with Crippen molar-refractivity contribution in [2.45, 2.75) is 19.4 Å². The molecule has 24 heavy (non-hydrogen) atoms. The lowest BCUT2D eigenvalue weighted by molar-refractivity contribution is -0.120. The molecular weight excluding hydrogens is 328 g/mol. The van der Waals surface area contributed by atoms with E-state index in [9.17, 15) is 9.90 Å². The molecule has 128 valence electrons. The summed E-state index contributed by atoms with van der Waals surface area (Å²) in [4.78, 5) is 19.0. The van der Waals surface area contributed by atoms with Gasteiger partial charge in [-0.1, -0.05) is 12.1 Å². The number of piperidine rings is 1. The number of methoxy groups -OCH3 is 1. The number of nitrogens with zero attached hydrogens (tertiary/aromatic N) is 3. The number of benzene rings is 1. The summed E-state index contributed by atoms with van der Waals surface area (Å²) in [5.74, 6) is 0.667. The van der Waals surface area contributed by atoms with E-state index in [1.165, 1.54) is 11.5 Å². The van der Waals surface area contributed by atoms with Crippen LogP contribution in [-0.4, -0.2) is 40.6 Å². The molecule has 1 aromatic carbocycles. The van der Waals surface area contributed by atoms with Crippen molar-refractivity contribution in [2.75, 3.05) is 30.4 Å². The number of para-hydroxylation sites is 2. The SMILES string of the molecule is COCc1nsc(N2CCC(C(=O)Nc3ccccc3O)CC2)n1. The summed E-state index contributed by atoms with van der Waals surface area (Å²) < 4.78 is 9.29. The van der Waals surface area contributed by atoms with Gasteiger partial charge in [0.2, 0.25) is 11.0 Å². The van der Waals surface area contributed by atoms with Crippen LogP contribution in [0.15, 0.2) is 24.3 Å². The Bertz CT molecular complexity index is 698. The first kappa shape index (κ1) is 16.7. The summed E-state index contributed by atoms with van der Waals surface area (Å²) in [6.07, 6.45) is 1.50. The van der Waals surface area contributed by atoms with Crippen molar-refractivity contribution >= 4 is 28.3 Å². The van der Waals surface area contributed by atoms with Gasteiger partial charge in [-0.3, -0.25) is 4.79 Å². The van der Waals surface area contributed by atoms with E-state index in [0.29, 0.717) is 18.1 Å². The van der Waals surface area contributed by atoms with Gasteiger partial charge in [-0.2, -0.15) is 4.37 Å². The van der Waals surface area contributed by atoms with Crippen LogP contribution in [0, 0.1) is 5.92 Å². The van der Waals surface area contributed by atoms with E-state index in [0.717, 1.165) is 31.1 Å². The number of phenols is 1. The maximum Gasteiger partial charge on any atom is 0.227 e. The molecule has 7 nitrogen and oxygen atoms in total. The molecule has 8 heteroatoms. The van der Waals surface area contributed by atoms with Crippen LogP contribution in [0.25, 0.3) is 0 Å². The molecule has 2 N–H and O–H groups in total. The molecule has 0 spiro atoms. The summed E-state index contributed by atoms with van der Waals surface area (Å²) in [6, 6.07) is 6.76. The average Bonchev–Trinajstić information content (AvgIpc) is 3.06. The van der Waals surface area contributed by atoms with Gasteiger partial charge in [0.25, 0.3) is 0 Å². The van der Waals surface area contributed by atoms with E-state index in [-0.39, 0.29) is 17.6 Å². The highest BCUT2D eigenvalue weighted by atomic mass is 32.1. The number of amides is 1. The lowest BCUT2D eigenvalue weighted by atomic mass is 9.96. The molecule has 0 unspecified atom stereocenters. The molecule has 0 saturated carbocycles. The zero-order chi connectivity index (χ0) is 16.9. The lowest BCUT2D eigenvalue weighted by Gasteiger charge is -2.30. The number of rotatable bonds is 5. The molecular formula is C16H20N4O3S. The minimum absolute atomic E-state index is 0.0477. The first-order chi connectivity index (χ1) is 11.7. The summed E-state index contributed by atoms with van der Waals surface area (Å²) in [7, 11) is 1.62. The van der Waals surface area contributed by atoms with Crippen molar-refractivity contribution in [1.82, 2.24) is 9.36 Å². The van der Waals surface area contributed by atoms with Crippen molar-refractivity contribution in [2.24, 2.45) is 5.92 Å². The number of aromatic hydroxyl groups is 1. The number of ether oxygens (including phenoxy) is 1. The molecule has 1 aromatic heterocycles. The molecule has 0 radical (unpaired) electrons. The highest BCUT2D eigenvalue weighted by molar-refractivity contribution is 7.09. The van der Waals surface area contributed by atoms with Crippen molar-refractivity contribution in [3.8, 4) is 5.75 Å². The number of nitrogens with one attached hydrogen (secondary N) is 1. The molecule has 2 heterocycles. The molecule has 0 atom stereocenters. The van der Waals surface area contributed by atoms with Crippen LogP contribution in [0.3, 0.4) is 0 Å². The third kappa shape index (κ3) is 3.82. The smallest absolute Gasteiger partial charge is 0.227 e. The fourth-order valence-electron chi connectivity index (χ4n) is 2.71. The summed E-state index contributed by atoms with van der Waals surface area (Å²) in [6.45, 7) is 1.94. The predicted octanol–water partition coefficient (Wildman–Crippen LogP) is 2.25. The quantitative estimate of drug-likeness (QED) is 0.806. The number of anilines is 2. The number of carbonyl (C=O) groups excluding carboxylic acids is 1. The Morgan fingerprint density at radius 3 is 2.88 bits per heavy atom. The summed E-state index contributed by atoms with van der Waals surface area (Å²) in [5.41, 5.74) is 0.457. The van der Waals surface area contributed by atoms with Crippen LogP contribution in [0.5, 0.6) is 5.75 Å². The topological polar surface area (TPSA) is 87.6 Å². The highest BCUT2D eigenvalue weighted by Gasteiger charge is 2.27. The van der Waals surface area contributed by atoms with E-state index >= 15 is 0 Å². The van der Waals surface area contributed by atoms with Crippen molar-refractivity contribution in [3.63, 3.8) is 0 Å². The number of aromatic nitrogens is 2. The third-order valence-corrected chi connectivity index (χ3v) is 4.84. The minimum atomic E-state index is -0.0628. The zero-order valence-electron chi connectivity index (χ0n) is 13.4. The molecule has 1 amide bonds. The van der Waals surface area contributed by atoms with Gasteiger partial charge in [-0.25, -0.2) is 4.98 Å². The standard InChI is InChI=1S/C16H20N4O3S/c1-23-10-14-18-16(24-19-14)20-8-6-11(7-9-20)15(22)17-12-4-2-3-5-13(12)21/h2-5,11,21H,6-10H2,1H3,(H,17,22). The first-order valence-electron chi connectivity index (χ1n) is 7.82. The van der Waals surface area contributed by atoms with Gasteiger partial charge in [0.05, 0.1) is 5.69 Å². The van der Waals surface area contributed by atoms with Crippen molar-refractivity contribution in [1.29, 1.82) is 0 Å². The Morgan fingerprint density at radius 1 is 1.42 bits per heavy atom. The molecule has 3 rings (SSSR count). The highest BCUT2D eigenvalue weighted by Crippen LogP contribution is 2.27. The minimum Gasteiger partial charge on any atom is -0.506 e. The van der Waals surface area contributed by atoms with Crippen molar-refractivity contribution < 1.29 is 14.6 Å². The lowest BCUT2D eigenvalue weighted by Crippen LogP contribution is -2.38. The van der Waals surface area contributed by atoms with Crippen LogP contribution in [0.4, 0.5) is 10.8 Å². The van der Waals surface area contributed by atoms with Crippen LogP contribution in [0.2, 0.25) is 0 Å². The fourth-order valence-corrected chi connectivity index (χ4v) is 3.43. The van der Waals surface area contributed by atoms with Gasteiger partial charge in [-0.05, 0) is 25.0 Å². The largest absolute Gasteiger partial charge is 0.506 e. The van der Waals surface area contributed by atoms with E-state index in [1.807, 2.05) is 0 Å². The Balaban J connectivity index is 1.54. The fraction of sp³-hybridized carbons (Fsp3) is 0.438. The molecule has 0 bridgehead atoms. The van der Waals surface area contributed by atoms with Gasteiger partial charge in [0.1, 0.15) is 12.4 Å². The predicted molar refractivity (Wildman–Crippen MR) is 92.3 cm³/mol. The average molecular weight is 348 g/mol. The van der Waals surface area contributed by atoms with Crippen molar-refractivity contribution in [3.05, 3.63) is 30.1 Å². The van der Waals surface area contributed by atoms with Crippen LogP contribution in [0.1, 0.15) is 18.7 Å². The van der Waals surface area contributed by atoms with Gasteiger partial charge >= 0.3 is 0 Å². The number of hydrogen-bond donors (Lipinski definition) is 2. The first-order valence-corrected chi connectivity index (χ1v) is 8.60. The normalized spacial score (nSPS) is 15.5. The monoisotopic (exact) mass is 348 g/mol. The Morgan fingerprint density at radius 2 is 2.17 bits per heavy atom. The maximum absolute atomic E-state index is 12.4. The molecule has 1 aliphatic rings. The summed E-state index contributed by atoms with van der Waals surface area (Å²) >= 11 is 1.36. The Hall–Kier alpha value is -2.19. The Kier molecular flexibility index (Phi) is 5.27. The molecule has 1 saturated heterocycles. The van der Waals surface area contributed by atoms with Gasteiger partial charge in [-0.15, -0.1) is 0 Å². The second-order valence-electron chi connectivity index (χ2n) is 5.69. The molecule has 1 fully saturated rings. The van der Waals surface area contributed by atoms with Gasteiger partial charge in [0, 0.05) is 37.6 Å². The Labute approximate surface area is 144 Å². The molecule has 0 aliphatic carbocycles. The van der Waals surface area contributed by atoms with E-state index in [1.54, 1.807) is 31.4 Å². The molecule has 1 aliphatic heterocycles. The summed E-state index contributed by atoms with van der Waals surface area (Å²) in [5, 5.41) is 13.4. The van der Waals surface area contributed by atoms with E-state index in [4.69, 9.17) is 4.74 Å². The van der Waals surface area contributed by atoms with E-state index < -0.39 is 0 Å². The maximum atomic E-state index is 12.4. The second kappa shape index (κ2) is 7.59.